The summed E-state index contributed by atoms with van der Waals surface area (Å²) in [6, 6.07) is 15.2. The topological polar surface area (TPSA) is 91.5 Å². The molecule has 0 fully saturated rings. The first-order chi connectivity index (χ1) is 13.7. The van der Waals surface area contributed by atoms with Crippen molar-refractivity contribution in [3.05, 3.63) is 72.0 Å². The molecule has 0 saturated carbocycles. The van der Waals surface area contributed by atoms with Crippen LogP contribution in [0.25, 0.3) is 33.4 Å². The van der Waals surface area contributed by atoms with Crippen molar-refractivity contribution in [2.45, 2.75) is 13.5 Å². The van der Waals surface area contributed by atoms with Gasteiger partial charge in [-0.25, -0.2) is 4.79 Å². The summed E-state index contributed by atoms with van der Waals surface area (Å²) in [4.78, 5) is 12.6. The quantitative estimate of drug-likeness (QED) is 0.413. The van der Waals surface area contributed by atoms with Crippen molar-refractivity contribution < 1.29 is 22.8 Å². The van der Waals surface area contributed by atoms with Crippen LogP contribution >= 0.6 is 0 Å². The molecule has 7 nitrogen and oxygen atoms in total. The lowest BCUT2D eigenvalue weighted by atomic mass is 10.1. The number of aryl methyl sites for hydroxylation is 1. The van der Waals surface area contributed by atoms with Gasteiger partial charge in [0.05, 0.1) is 6.26 Å². The van der Waals surface area contributed by atoms with E-state index in [2.05, 4.69) is 10.2 Å². The number of hydrogen-bond donors (Lipinski definition) is 0. The van der Waals surface area contributed by atoms with Crippen molar-refractivity contribution >= 4 is 27.7 Å². The molecule has 0 aliphatic rings. The molecule has 0 spiro atoms. The number of furan rings is 2. The van der Waals surface area contributed by atoms with Gasteiger partial charge in [-0.1, -0.05) is 36.4 Å². The molecule has 0 saturated heterocycles. The summed E-state index contributed by atoms with van der Waals surface area (Å²) >= 11 is 0. The van der Waals surface area contributed by atoms with Gasteiger partial charge >= 0.3 is 5.97 Å². The van der Waals surface area contributed by atoms with Crippen LogP contribution in [0.2, 0.25) is 0 Å². The minimum atomic E-state index is -0.587. The van der Waals surface area contributed by atoms with Crippen LogP contribution in [0.4, 0.5) is 0 Å². The van der Waals surface area contributed by atoms with Gasteiger partial charge in [-0.2, -0.15) is 0 Å². The van der Waals surface area contributed by atoms with E-state index in [0.717, 1.165) is 21.7 Å². The Morgan fingerprint density at radius 2 is 1.89 bits per heavy atom. The average molecular weight is 374 g/mol. The normalized spacial score (nSPS) is 11.3. The van der Waals surface area contributed by atoms with Gasteiger partial charge in [0.1, 0.15) is 5.58 Å². The zero-order valence-corrected chi connectivity index (χ0v) is 14.8. The molecule has 5 rings (SSSR count). The van der Waals surface area contributed by atoms with Gasteiger partial charge in [0.2, 0.25) is 5.76 Å². The minimum absolute atomic E-state index is 0.163. The van der Waals surface area contributed by atoms with E-state index in [9.17, 15) is 4.79 Å². The summed E-state index contributed by atoms with van der Waals surface area (Å²) in [5, 5.41) is 10.6. The van der Waals surface area contributed by atoms with Crippen LogP contribution in [0.3, 0.4) is 0 Å². The molecule has 0 atom stereocenters. The number of aromatic nitrogens is 2. The number of carbonyl (C=O) groups is 1. The number of ether oxygens (including phenoxy) is 1. The second-order valence-corrected chi connectivity index (χ2v) is 6.27. The highest BCUT2D eigenvalue weighted by molar-refractivity contribution is 6.08. The lowest BCUT2D eigenvalue weighted by molar-refractivity contribution is 0.0404. The molecule has 0 aliphatic heterocycles. The minimum Gasteiger partial charge on any atom is -0.459 e. The van der Waals surface area contributed by atoms with Crippen LogP contribution in [-0.4, -0.2) is 16.2 Å². The maximum absolute atomic E-state index is 12.6. The number of benzene rings is 2. The van der Waals surface area contributed by atoms with Crippen molar-refractivity contribution in [1.29, 1.82) is 0 Å². The number of carbonyl (C=O) groups excluding carboxylic acids is 1. The van der Waals surface area contributed by atoms with Crippen LogP contribution in [0.1, 0.15) is 22.0 Å². The first-order valence-electron chi connectivity index (χ1n) is 8.65. The van der Waals surface area contributed by atoms with E-state index < -0.39 is 5.97 Å². The third-order valence-corrected chi connectivity index (χ3v) is 4.54. The second-order valence-electron chi connectivity index (χ2n) is 6.27. The van der Waals surface area contributed by atoms with E-state index in [4.69, 9.17) is 18.0 Å². The summed E-state index contributed by atoms with van der Waals surface area (Å²) in [5.41, 5.74) is 1.40. The smallest absolute Gasteiger partial charge is 0.375 e. The molecule has 0 bridgehead atoms. The largest absolute Gasteiger partial charge is 0.459 e. The van der Waals surface area contributed by atoms with E-state index in [0.29, 0.717) is 11.3 Å². The van der Waals surface area contributed by atoms with Gasteiger partial charge in [-0.3, -0.25) is 0 Å². The van der Waals surface area contributed by atoms with Crippen molar-refractivity contribution in [3.63, 3.8) is 0 Å². The Labute approximate surface area is 158 Å². The fourth-order valence-electron chi connectivity index (χ4n) is 3.15. The molecule has 28 heavy (non-hydrogen) atoms. The average Bonchev–Trinajstić information content (AvgIpc) is 3.46. The molecule has 2 aromatic carbocycles. The Morgan fingerprint density at radius 1 is 1.00 bits per heavy atom. The Hall–Kier alpha value is -3.87. The van der Waals surface area contributed by atoms with Crippen LogP contribution in [0.5, 0.6) is 0 Å². The zero-order chi connectivity index (χ0) is 19.1. The van der Waals surface area contributed by atoms with Gasteiger partial charge in [-0.15, -0.1) is 10.2 Å². The fourth-order valence-corrected chi connectivity index (χ4v) is 3.15. The van der Waals surface area contributed by atoms with Gasteiger partial charge < -0.3 is 18.0 Å². The zero-order valence-electron chi connectivity index (χ0n) is 14.8. The molecule has 7 heteroatoms. The maximum Gasteiger partial charge on any atom is 0.375 e. The molecule has 0 N–H and O–H groups in total. The molecule has 5 aromatic rings. The van der Waals surface area contributed by atoms with Crippen LogP contribution in [0.15, 0.2) is 68.0 Å². The molecule has 0 radical (unpaired) electrons. The highest BCUT2D eigenvalue weighted by Crippen LogP contribution is 2.32. The number of esters is 1. The molecular weight excluding hydrogens is 360 g/mol. The highest BCUT2D eigenvalue weighted by Gasteiger charge is 2.21. The SMILES string of the molecule is Cc1c(C(=O)OCc2nnc(-c3ccco3)o2)oc2c1ccc1ccccc12. The maximum atomic E-state index is 12.6. The number of rotatable bonds is 4. The molecule has 0 amide bonds. The molecule has 138 valence electrons. The van der Waals surface area contributed by atoms with E-state index in [1.807, 2.05) is 43.3 Å². The van der Waals surface area contributed by atoms with Crippen LogP contribution in [-0.2, 0) is 11.3 Å². The van der Waals surface area contributed by atoms with Crippen molar-refractivity contribution in [2.75, 3.05) is 0 Å². The molecule has 0 aliphatic carbocycles. The predicted octanol–water partition coefficient (Wildman–Crippen LogP) is 4.89. The summed E-state index contributed by atoms with van der Waals surface area (Å²) < 4.78 is 21.8. The van der Waals surface area contributed by atoms with Crippen LogP contribution in [0, 0.1) is 6.92 Å². The Kier molecular flexibility index (Phi) is 3.72. The summed E-state index contributed by atoms with van der Waals surface area (Å²) in [6.07, 6.45) is 1.51. The molecular formula is C21H14N2O5. The van der Waals surface area contributed by atoms with Gasteiger partial charge in [0, 0.05) is 16.3 Å². The van der Waals surface area contributed by atoms with E-state index in [1.165, 1.54) is 6.26 Å². The van der Waals surface area contributed by atoms with Crippen LogP contribution < -0.4 is 0 Å². The highest BCUT2D eigenvalue weighted by atomic mass is 16.6. The van der Waals surface area contributed by atoms with Crippen molar-refractivity contribution in [2.24, 2.45) is 0 Å². The monoisotopic (exact) mass is 374 g/mol. The summed E-state index contributed by atoms with van der Waals surface area (Å²) in [6.45, 7) is 1.67. The number of fused-ring (bicyclic) bond motifs is 3. The summed E-state index contributed by atoms with van der Waals surface area (Å²) in [5.74, 6) is 0.416. The second kappa shape index (κ2) is 6.38. The lowest BCUT2D eigenvalue weighted by Crippen LogP contribution is -2.05. The third-order valence-electron chi connectivity index (χ3n) is 4.54. The molecule has 0 unspecified atom stereocenters. The van der Waals surface area contributed by atoms with Gasteiger partial charge in [0.15, 0.2) is 12.4 Å². The van der Waals surface area contributed by atoms with Gasteiger partial charge in [0.25, 0.3) is 11.8 Å². The first-order valence-corrected chi connectivity index (χ1v) is 8.65. The van der Waals surface area contributed by atoms with Crippen molar-refractivity contribution in [3.8, 4) is 11.7 Å². The van der Waals surface area contributed by atoms with E-state index in [-0.39, 0.29) is 24.1 Å². The Bertz CT molecular complexity index is 1300. The van der Waals surface area contributed by atoms with E-state index >= 15 is 0 Å². The Balaban J connectivity index is 1.40. The number of nitrogens with zero attached hydrogens (tertiary/aromatic N) is 2. The predicted molar refractivity (Wildman–Crippen MR) is 99.6 cm³/mol. The Morgan fingerprint density at radius 3 is 2.75 bits per heavy atom. The fraction of sp³-hybridized carbons (Fsp3) is 0.0952. The van der Waals surface area contributed by atoms with E-state index in [1.54, 1.807) is 12.1 Å². The first kappa shape index (κ1) is 16.3. The molecule has 3 heterocycles. The van der Waals surface area contributed by atoms with Crippen molar-refractivity contribution in [1.82, 2.24) is 10.2 Å². The lowest BCUT2D eigenvalue weighted by Gasteiger charge is -1.99. The van der Waals surface area contributed by atoms with Gasteiger partial charge in [-0.05, 0) is 24.4 Å². The number of hydrogen-bond acceptors (Lipinski definition) is 7. The molecule has 3 aromatic heterocycles. The summed E-state index contributed by atoms with van der Waals surface area (Å²) in [7, 11) is 0. The standard InChI is InChI=1S/C21H14N2O5/c1-12-14-9-8-13-5-2-3-6-15(13)19(14)28-18(12)21(24)26-11-17-22-23-20(27-17)16-7-4-10-25-16/h2-10H,11H2,1H3. The third kappa shape index (κ3) is 2.64.